The van der Waals surface area contributed by atoms with Crippen molar-refractivity contribution in [1.82, 2.24) is 9.97 Å². The fourth-order valence-corrected chi connectivity index (χ4v) is 2.91. The molecule has 25 heavy (non-hydrogen) atoms. The van der Waals surface area contributed by atoms with Crippen LogP contribution < -0.4 is 0 Å². The van der Waals surface area contributed by atoms with Gasteiger partial charge in [0.25, 0.3) is 0 Å². The molecule has 0 aromatic carbocycles. The van der Waals surface area contributed by atoms with Gasteiger partial charge in [-0.25, -0.2) is 9.97 Å². The first kappa shape index (κ1) is 21.5. The summed E-state index contributed by atoms with van der Waals surface area (Å²) in [5.74, 6) is 0.427. The smallest absolute Gasteiger partial charge is 0.200 e. The summed E-state index contributed by atoms with van der Waals surface area (Å²) in [6.45, 7) is 2.27. The van der Waals surface area contributed by atoms with Crippen molar-refractivity contribution >= 4 is 5.78 Å². The molecule has 0 atom stereocenters. The second-order valence-electron chi connectivity index (χ2n) is 6.83. The van der Waals surface area contributed by atoms with Gasteiger partial charge in [-0.1, -0.05) is 70.4 Å². The lowest BCUT2D eigenvalue weighted by atomic mass is 10.1. The third-order valence-electron chi connectivity index (χ3n) is 4.48. The Hall–Kier alpha value is -1.51. The van der Waals surface area contributed by atoms with E-state index in [-0.39, 0.29) is 5.78 Å². The number of hydrogen-bond donors (Lipinski definition) is 0. The molecule has 0 amide bonds. The summed E-state index contributed by atoms with van der Waals surface area (Å²) in [5.41, 5.74) is 0. The highest BCUT2D eigenvalue weighted by molar-refractivity contribution is 5.92. The molecule has 0 aliphatic heterocycles. The highest BCUT2D eigenvalue weighted by Gasteiger charge is 2.07. The maximum atomic E-state index is 11.8. The van der Waals surface area contributed by atoms with E-state index in [4.69, 9.17) is 0 Å². The molecule has 1 rings (SSSR count). The highest BCUT2D eigenvalue weighted by Crippen LogP contribution is 2.10. The van der Waals surface area contributed by atoms with Crippen LogP contribution >= 0.6 is 0 Å². The van der Waals surface area contributed by atoms with Gasteiger partial charge < -0.3 is 0 Å². The van der Waals surface area contributed by atoms with Crippen LogP contribution in [0.3, 0.4) is 0 Å². The van der Waals surface area contributed by atoms with E-state index in [1.165, 1.54) is 70.6 Å². The zero-order chi connectivity index (χ0) is 18.0. The number of unbranched alkanes of at least 4 members (excludes halogenated alkanes) is 11. The summed E-state index contributed by atoms with van der Waals surface area (Å²) in [5, 5.41) is 0. The van der Waals surface area contributed by atoms with Crippen molar-refractivity contribution in [3.63, 3.8) is 0 Å². The van der Waals surface area contributed by atoms with E-state index in [1.54, 1.807) is 18.5 Å². The molecule has 0 unspecified atom stereocenters. The predicted octanol–water partition coefficient (Wildman–Crippen LogP) is 6.70. The molecule has 0 saturated carbocycles. The fourth-order valence-electron chi connectivity index (χ4n) is 2.91. The molecule has 0 fully saturated rings. The summed E-state index contributed by atoms with van der Waals surface area (Å²) >= 11 is 0. The number of hydrogen-bond acceptors (Lipinski definition) is 3. The molecular weight excluding hydrogens is 308 g/mol. The number of allylic oxidation sites excluding steroid dienone is 2. The van der Waals surface area contributed by atoms with Crippen LogP contribution in [0, 0.1) is 0 Å². The number of carbonyl (C=O) groups excluding carboxylic acids is 1. The minimum atomic E-state index is 0.0678. The van der Waals surface area contributed by atoms with Crippen molar-refractivity contribution in [3.8, 4) is 0 Å². The van der Waals surface area contributed by atoms with E-state index >= 15 is 0 Å². The molecule has 1 aromatic rings. The SMILES string of the molecule is CCCCCCCC/C=C\CCCCCCCC(=O)c1ncccn1. The molecule has 0 saturated heterocycles. The Bertz CT molecular complexity index is 456. The van der Waals surface area contributed by atoms with Crippen LogP contribution in [0.1, 0.15) is 107 Å². The molecule has 1 aromatic heterocycles. The molecule has 0 bridgehead atoms. The molecule has 0 aliphatic rings. The van der Waals surface area contributed by atoms with Gasteiger partial charge in [0.1, 0.15) is 0 Å². The Morgan fingerprint density at radius 2 is 1.32 bits per heavy atom. The first-order valence-corrected chi connectivity index (χ1v) is 10.3. The number of aromatic nitrogens is 2. The molecule has 1 heterocycles. The maximum absolute atomic E-state index is 11.8. The number of ketones is 1. The lowest BCUT2D eigenvalue weighted by Gasteiger charge is -2.00. The van der Waals surface area contributed by atoms with Gasteiger partial charge in [0, 0.05) is 18.8 Å². The van der Waals surface area contributed by atoms with Crippen LogP contribution in [0.25, 0.3) is 0 Å². The Labute approximate surface area is 154 Å². The lowest BCUT2D eigenvalue weighted by molar-refractivity contribution is 0.0969. The zero-order valence-corrected chi connectivity index (χ0v) is 16.1. The molecule has 0 radical (unpaired) electrons. The van der Waals surface area contributed by atoms with Crippen LogP contribution in [-0.4, -0.2) is 15.8 Å². The van der Waals surface area contributed by atoms with Gasteiger partial charge >= 0.3 is 0 Å². The average molecular weight is 345 g/mol. The topological polar surface area (TPSA) is 42.9 Å². The van der Waals surface area contributed by atoms with Gasteiger partial charge in [-0.2, -0.15) is 0 Å². The second kappa shape index (κ2) is 16.0. The monoisotopic (exact) mass is 344 g/mol. The summed E-state index contributed by atoms with van der Waals surface area (Å²) in [7, 11) is 0. The standard InChI is InChI=1S/C22H36N2O/c1-2-3-4-5-6-7-8-9-10-11-12-13-14-15-16-18-21(25)22-23-19-17-20-24-22/h9-10,17,19-20H,2-8,11-16,18H2,1H3/b10-9-. The Kier molecular flexibility index (Phi) is 13.8. The molecule has 0 aliphatic carbocycles. The van der Waals surface area contributed by atoms with Crippen LogP contribution in [0.4, 0.5) is 0 Å². The van der Waals surface area contributed by atoms with Crippen LogP contribution in [-0.2, 0) is 0 Å². The summed E-state index contributed by atoms with van der Waals surface area (Å²) in [6, 6.07) is 1.73. The van der Waals surface area contributed by atoms with Crippen molar-refractivity contribution in [2.75, 3.05) is 0 Å². The second-order valence-corrected chi connectivity index (χ2v) is 6.83. The third kappa shape index (κ3) is 12.5. The summed E-state index contributed by atoms with van der Waals surface area (Å²) in [4.78, 5) is 19.8. The largest absolute Gasteiger partial charge is 0.291 e. The fraction of sp³-hybridized carbons (Fsp3) is 0.682. The minimum absolute atomic E-state index is 0.0678. The zero-order valence-electron chi connectivity index (χ0n) is 16.1. The lowest BCUT2D eigenvalue weighted by Crippen LogP contribution is -2.04. The van der Waals surface area contributed by atoms with E-state index in [2.05, 4.69) is 29.0 Å². The summed E-state index contributed by atoms with van der Waals surface area (Å²) < 4.78 is 0. The third-order valence-corrected chi connectivity index (χ3v) is 4.48. The Morgan fingerprint density at radius 1 is 0.800 bits per heavy atom. The van der Waals surface area contributed by atoms with Crippen LogP contribution in [0.2, 0.25) is 0 Å². The number of nitrogens with zero attached hydrogens (tertiary/aromatic N) is 2. The maximum Gasteiger partial charge on any atom is 0.200 e. The molecule has 0 N–H and O–H groups in total. The number of rotatable bonds is 16. The van der Waals surface area contributed by atoms with Gasteiger partial charge in [-0.05, 0) is 38.2 Å². The molecule has 3 nitrogen and oxygen atoms in total. The Morgan fingerprint density at radius 3 is 1.92 bits per heavy atom. The van der Waals surface area contributed by atoms with Crippen LogP contribution in [0.5, 0.6) is 0 Å². The van der Waals surface area contributed by atoms with Gasteiger partial charge in [0.05, 0.1) is 0 Å². The average Bonchev–Trinajstić information content (AvgIpc) is 2.65. The van der Waals surface area contributed by atoms with Crippen molar-refractivity contribution in [2.45, 2.75) is 96.8 Å². The molecular formula is C22H36N2O. The van der Waals surface area contributed by atoms with Gasteiger partial charge in [-0.3, -0.25) is 4.79 Å². The molecule has 0 spiro atoms. The van der Waals surface area contributed by atoms with Crippen LogP contribution in [0.15, 0.2) is 30.6 Å². The van der Waals surface area contributed by atoms with E-state index < -0.39 is 0 Å². The quantitative estimate of drug-likeness (QED) is 0.190. The minimum Gasteiger partial charge on any atom is -0.291 e. The van der Waals surface area contributed by atoms with Gasteiger partial charge in [0.15, 0.2) is 11.6 Å². The molecule has 140 valence electrons. The first-order chi connectivity index (χ1) is 12.3. The van der Waals surface area contributed by atoms with Crippen molar-refractivity contribution in [1.29, 1.82) is 0 Å². The number of Topliss-reactive ketones (excluding diaryl/α,β-unsaturated/α-hetero) is 1. The van der Waals surface area contributed by atoms with E-state index in [0.29, 0.717) is 12.2 Å². The highest BCUT2D eigenvalue weighted by atomic mass is 16.1. The van der Waals surface area contributed by atoms with Crippen molar-refractivity contribution in [3.05, 3.63) is 36.4 Å². The van der Waals surface area contributed by atoms with Crippen molar-refractivity contribution in [2.24, 2.45) is 0 Å². The first-order valence-electron chi connectivity index (χ1n) is 10.3. The molecule has 3 heteroatoms. The Balaban J connectivity index is 1.84. The van der Waals surface area contributed by atoms with E-state index in [1.807, 2.05) is 0 Å². The van der Waals surface area contributed by atoms with E-state index in [9.17, 15) is 4.79 Å². The predicted molar refractivity (Wildman–Crippen MR) is 106 cm³/mol. The van der Waals surface area contributed by atoms with Gasteiger partial charge in [0.2, 0.25) is 0 Å². The summed E-state index contributed by atoms with van der Waals surface area (Å²) in [6.07, 6.45) is 25.1. The van der Waals surface area contributed by atoms with Gasteiger partial charge in [-0.15, -0.1) is 0 Å². The van der Waals surface area contributed by atoms with E-state index in [0.717, 1.165) is 12.8 Å². The normalized spacial score (nSPS) is 11.2. The number of carbonyl (C=O) groups is 1. The van der Waals surface area contributed by atoms with Crippen molar-refractivity contribution < 1.29 is 4.79 Å².